The van der Waals surface area contributed by atoms with E-state index in [1.165, 1.54) is 19.3 Å². The molecule has 0 radical (unpaired) electrons. The van der Waals surface area contributed by atoms with E-state index >= 15 is 0 Å². The second-order valence-corrected chi connectivity index (χ2v) is 7.00. The van der Waals surface area contributed by atoms with Crippen molar-refractivity contribution in [3.8, 4) is 5.75 Å². The lowest BCUT2D eigenvalue weighted by Crippen LogP contribution is -1.99. The van der Waals surface area contributed by atoms with Crippen LogP contribution in [-0.4, -0.2) is 6.61 Å². The molecule has 1 aromatic rings. The lowest BCUT2D eigenvalue weighted by Gasteiger charge is -2.12. The van der Waals surface area contributed by atoms with Crippen molar-refractivity contribution < 1.29 is 4.74 Å². The predicted molar refractivity (Wildman–Crippen MR) is 86.9 cm³/mol. The van der Waals surface area contributed by atoms with E-state index in [9.17, 15) is 0 Å². The number of unbranched alkanes of at least 4 members (excludes halogenated alkanes) is 3. The van der Waals surface area contributed by atoms with Crippen LogP contribution < -0.4 is 4.74 Å². The normalized spacial score (nSPS) is 10.6. The topological polar surface area (TPSA) is 9.23 Å². The van der Waals surface area contributed by atoms with Crippen molar-refractivity contribution in [3.63, 3.8) is 0 Å². The Morgan fingerprint density at radius 2 is 1.65 bits per heavy atom. The van der Waals surface area contributed by atoms with Crippen LogP contribution in [0.15, 0.2) is 24.0 Å². The summed E-state index contributed by atoms with van der Waals surface area (Å²) in [6.07, 6.45) is 4.84. The molecule has 0 saturated heterocycles. The lowest BCUT2D eigenvalue weighted by molar-refractivity contribution is 0.301. The highest BCUT2D eigenvalue weighted by Gasteiger charge is 2.13. The fourth-order valence-corrected chi connectivity index (χ4v) is 4.03. The Bertz CT molecular complexity index is 379. The zero-order valence-corrected chi connectivity index (χ0v) is 15.9. The third-order valence-electron chi connectivity index (χ3n) is 2.32. The molecule has 0 heterocycles. The van der Waals surface area contributed by atoms with Crippen molar-refractivity contribution in [1.82, 2.24) is 0 Å². The fourth-order valence-electron chi connectivity index (χ4n) is 1.38. The minimum Gasteiger partial charge on any atom is -0.491 e. The van der Waals surface area contributed by atoms with Gasteiger partial charge in [0.1, 0.15) is 5.75 Å². The van der Waals surface area contributed by atoms with Crippen molar-refractivity contribution in [2.24, 2.45) is 0 Å². The molecule has 0 aliphatic carbocycles. The summed E-state index contributed by atoms with van der Waals surface area (Å²) in [5, 5.41) is 0. The SMILES string of the molecule is CCCCCCOc1c(Br)cc(Br)c(Br)c1Br. The first-order valence-corrected chi connectivity index (χ1v) is 8.71. The summed E-state index contributed by atoms with van der Waals surface area (Å²) in [6.45, 7) is 2.96. The van der Waals surface area contributed by atoms with E-state index in [4.69, 9.17) is 4.74 Å². The van der Waals surface area contributed by atoms with Crippen LogP contribution in [0.2, 0.25) is 0 Å². The third kappa shape index (κ3) is 4.84. The summed E-state index contributed by atoms with van der Waals surface area (Å²) in [5.74, 6) is 0.858. The predicted octanol–water partition coefficient (Wildman–Crippen LogP) is 6.70. The van der Waals surface area contributed by atoms with Crippen molar-refractivity contribution in [1.29, 1.82) is 0 Å². The van der Waals surface area contributed by atoms with Gasteiger partial charge in [0.05, 0.1) is 15.6 Å². The molecule has 1 rings (SSSR count). The number of benzene rings is 1. The van der Waals surface area contributed by atoms with Crippen molar-refractivity contribution in [2.75, 3.05) is 6.61 Å². The highest BCUT2D eigenvalue weighted by molar-refractivity contribution is 9.14. The molecule has 0 fully saturated rings. The largest absolute Gasteiger partial charge is 0.491 e. The average molecular weight is 494 g/mol. The van der Waals surface area contributed by atoms with E-state index in [-0.39, 0.29) is 0 Å². The van der Waals surface area contributed by atoms with Crippen LogP contribution in [0.1, 0.15) is 32.6 Å². The molecular weight excluding hydrogens is 480 g/mol. The Hall–Kier alpha value is 0.940. The van der Waals surface area contributed by atoms with Gasteiger partial charge in [-0.05, 0) is 76.2 Å². The first-order valence-electron chi connectivity index (χ1n) is 5.53. The zero-order chi connectivity index (χ0) is 12.8. The Morgan fingerprint density at radius 1 is 0.941 bits per heavy atom. The van der Waals surface area contributed by atoms with Gasteiger partial charge in [-0.25, -0.2) is 0 Å². The minimum absolute atomic E-state index is 0.755. The van der Waals surface area contributed by atoms with Crippen LogP contribution in [0.3, 0.4) is 0 Å². The van der Waals surface area contributed by atoms with E-state index < -0.39 is 0 Å². The summed E-state index contributed by atoms with van der Waals surface area (Å²) < 4.78 is 9.67. The fraction of sp³-hybridized carbons (Fsp3) is 0.500. The molecule has 0 N–H and O–H groups in total. The summed E-state index contributed by atoms with van der Waals surface area (Å²) >= 11 is 14.0. The molecule has 96 valence electrons. The van der Waals surface area contributed by atoms with E-state index in [1.54, 1.807) is 0 Å². The first-order chi connectivity index (χ1) is 8.07. The maximum Gasteiger partial charge on any atom is 0.148 e. The van der Waals surface area contributed by atoms with Crippen LogP contribution in [0.5, 0.6) is 5.75 Å². The summed E-state index contributed by atoms with van der Waals surface area (Å²) in [5.41, 5.74) is 0. The van der Waals surface area contributed by atoms with Gasteiger partial charge in [0.15, 0.2) is 0 Å². The Kier molecular flexibility index (Phi) is 7.70. The van der Waals surface area contributed by atoms with Gasteiger partial charge in [0.25, 0.3) is 0 Å². The van der Waals surface area contributed by atoms with Gasteiger partial charge in [-0.3, -0.25) is 0 Å². The molecule has 5 heteroatoms. The third-order valence-corrected chi connectivity index (χ3v) is 6.18. The molecule has 0 atom stereocenters. The van der Waals surface area contributed by atoms with Gasteiger partial charge in [0, 0.05) is 8.95 Å². The number of hydrogen-bond acceptors (Lipinski definition) is 1. The summed E-state index contributed by atoms with van der Waals surface area (Å²) in [6, 6.07) is 1.98. The Morgan fingerprint density at radius 3 is 2.29 bits per heavy atom. The zero-order valence-electron chi connectivity index (χ0n) is 9.53. The van der Waals surface area contributed by atoms with Crippen LogP contribution in [0, 0.1) is 0 Å². The van der Waals surface area contributed by atoms with Gasteiger partial charge in [0.2, 0.25) is 0 Å². The second kappa shape index (κ2) is 8.18. The van der Waals surface area contributed by atoms with E-state index in [0.717, 1.165) is 36.7 Å². The molecule has 0 bridgehead atoms. The maximum absolute atomic E-state index is 5.81. The van der Waals surface area contributed by atoms with Gasteiger partial charge >= 0.3 is 0 Å². The van der Waals surface area contributed by atoms with E-state index in [0.29, 0.717) is 0 Å². The smallest absolute Gasteiger partial charge is 0.148 e. The van der Waals surface area contributed by atoms with Gasteiger partial charge in [-0.15, -0.1) is 0 Å². The van der Waals surface area contributed by atoms with E-state index in [2.05, 4.69) is 70.6 Å². The molecule has 1 nitrogen and oxygen atoms in total. The summed E-state index contributed by atoms with van der Waals surface area (Å²) in [7, 11) is 0. The van der Waals surface area contributed by atoms with Gasteiger partial charge in [-0.2, -0.15) is 0 Å². The number of rotatable bonds is 6. The van der Waals surface area contributed by atoms with Crippen LogP contribution >= 0.6 is 63.7 Å². The minimum atomic E-state index is 0.755. The lowest BCUT2D eigenvalue weighted by atomic mass is 10.2. The van der Waals surface area contributed by atoms with Gasteiger partial charge in [-0.1, -0.05) is 26.2 Å². The van der Waals surface area contributed by atoms with Crippen LogP contribution in [0.4, 0.5) is 0 Å². The Labute approximate surface area is 136 Å². The van der Waals surface area contributed by atoms with Crippen molar-refractivity contribution in [3.05, 3.63) is 24.0 Å². The molecule has 0 unspecified atom stereocenters. The standard InChI is InChI=1S/C12H14Br4O/c1-2-3-4-5-6-17-12-9(14)7-8(13)10(15)11(12)16/h7H,2-6H2,1H3. The number of halogens is 4. The monoisotopic (exact) mass is 490 g/mol. The first kappa shape index (κ1) is 16.0. The highest BCUT2D eigenvalue weighted by atomic mass is 79.9. The molecule has 0 saturated carbocycles. The average Bonchev–Trinajstić information content (AvgIpc) is 2.30. The van der Waals surface area contributed by atoms with Crippen molar-refractivity contribution in [2.45, 2.75) is 32.6 Å². The molecule has 0 spiro atoms. The van der Waals surface area contributed by atoms with Crippen LogP contribution in [0.25, 0.3) is 0 Å². The van der Waals surface area contributed by atoms with Crippen molar-refractivity contribution >= 4 is 63.7 Å². The highest BCUT2D eigenvalue weighted by Crippen LogP contribution is 2.43. The molecule has 0 aromatic heterocycles. The summed E-state index contributed by atoms with van der Waals surface area (Å²) in [4.78, 5) is 0. The van der Waals surface area contributed by atoms with Gasteiger partial charge < -0.3 is 4.74 Å². The Balaban J connectivity index is 2.62. The second-order valence-electron chi connectivity index (χ2n) is 3.71. The van der Waals surface area contributed by atoms with E-state index in [1.807, 2.05) is 6.07 Å². The molecule has 0 aliphatic rings. The molecular formula is C12H14Br4O. The van der Waals surface area contributed by atoms with Crippen LogP contribution in [-0.2, 0) is 0 Å². The molecule has 0 aliphatic heterocycles. The molecule has 0 amide bonds. The maximum atomic E-state index is 5.81. The number of hydrogen-bond donors (Lipinski definition) is 0. The molecule has 1 aromatic carbocycles. The number of ether oxygens (including phenoxy) is 1. The molecule has 17 heavy (non-hydrogen) atoms. The quantitative estimate of drug-likeness (QED) is 0.243.